The van der Waals surface area contributed by atoms with E-state index in [2.05, 4.69) is 15.9 Å². The highest BCUT2D eigenvalue weighted by molar-refractivity contribution is 9.10. The molecule has 0 aromatic carbocycles. The number of ketones is 2. The van der Waals surface area contributed by atoms with Crippen LogP contribution in [0.3, 0.4) is 0 Å². The molecule has 0 radical (unpaired) electrons. The van der Waals surface area contributed by atoms with E-state index in [4.69, 9.17) is 14.2 Å². The quantitative estimate of drug-likeness (QED) is 0.132. The van der Waals surface area contributed by atoms with Crippen molar-refractivity contribution in [2.45, 2.75) is 138 Å². The van der Waals surface area contributed by atoms with Crippen LogP contribution in [0.2, 0.25) is 0 Å². The van der Waals surface area contributed by atoms with Gasteiger partial charge in [0.15, 0.2) is 6.10 Å². The summed E-state index contributed by atoms with van der Waals surface area (Å²) in [4.78, 5) is 63.0. The minimum absolute atomic E-state index is 0.0212. The summed E-state index contributed by atoms with van der Waals surface area (Å²) in [5.74, 6) is -2.60. The standard InChI is InChI=1S/C30H51BrO8/c1-18(32)20(15-28(9,10)19(2)33)29(11,12)16-21(31)23(34)37-22(24(35)38-26(3,4)5)17-30(13,14)25(36)39-27(6,7)8/h20-22H,15-17H2,1-14H3. The third-order valence-corrected chi connectivity index (χ3v) is 7.34. The topological polar surface area (TPSA) is 113 Å². The van der Waals surface area contributed by atoms with Gasteiger partial charge in [-0.2, -0.15) is 0 Å². The zero-order valence-corrected chi connectivity index (χ0v) is 28.1. The molecule has 0 fully saturated rings. The fraction of sp³-hybridized carbons (Fsp3) is 0.833. The molecule has 0 aliphatic carbocycles. The van der Waals surface area contributed by atoms with E-state index in [1.54, 1.807) is 69.2 Å². The summed E-state index contributed by atoms with van der Waals surface area (Å²) in [6, 6.07) is 0. The maximum Gasteiger partial charge on any atom is 0.348 e. The maximum atomic E-state index is 13.2. The highest BCUT2D eigenvalue weighted by Crippen LogP contribution is 2.42. The van der Waals surface area contributed by atoms with Crippen LogP contribution in [0.25, 0.3) is 0 Å². The number of carbonyl (C=O) groups excluding carboxylic acids is 5. The van der Waals surface area contributed by atoms with Crippen LogP contribution in [0.15, 0.2) is 0 Å². The van der Waals surface area contributed by atoms with Gasteiger partial charge in [-0.1, -0.05) is 43.6 Å². The molecule has 0 heterocycles. The van der Waals surface area contributed by atoms with E-state index in [0.717, 1.165) is 0 Å². The third kappa shape index (κ3) is 13.0. The van der Waals surface area contributed by atoms with Gasteiger partial charge in [-0.05, 0) is 87.5 Å². The molecule has 0 aliphatic heterocycles. The first-order valence-electron chi connectivity index (χ1n) is 13.4. The van der Waals surface area contributed by atoms with Crippen LogP contribution in [0.4, 0.5) is 0 Å². The lowest BCUT2D eigenvalue weighted by Crippen LogP contribution is -2.43. The average Bonchev–Trinajstić information content (AvgIpc) is 2.67. The number of alkyl halides is 1. The zero-order valence-electron chi connectivity index (χ0n) is 26.5. The van der Waals surface area contributed by atoms with Crippen LogP contribution < -0.4 is 0 Å². The van der Waals surface area contributed by atoms with Crippen molar-refractivity contribution in [1.82, 2.24) is 0 Å². The number of esters is 3. The molecule has 8 nitrogen and oxygen atoms in total. The molecule has 0 aliphatic rings. The zero-order chi connectivity index (χ0) is 31.4. The largest absolute Gasteiger partial charge is 0.460 e. The molecule has 0 N–H and O–H groups in total. The van der Waals surface area contributed by atoms with E-state index in [1.807, 2.05) is 13.8 Å². The molecule has 0 aromatic heterocycles. The Morgan fingerprint density at radius 2 is 1.10 bits per heavy atom. The molecule has 0 spiro atoms. The summed E-state index contributed by atoms with van der Waals surface area (Å²) in [6.07, 6.45) is -0.957. The number of ether oxygens (including phenoxy) is 3. The van der Waals surface area contributed by atoms with Crippen molar-refractivity contribution in [2.75, 3.05) is 0 Å². The number of halogens is 1. The van der Waals surface area contributed by atoms with Crippen molar-refractivity contribution in [2.24, 2.45) is 22.2 Å². The predicted octanol–water partition coefficient (Wildman–Crippen LogP) is 6.39. The van der Waals surface area contributed by atoms with Crippen molar-refractivity contribution >= 4 is 45.4 Å². The van der Waals surface area contributed by atoms with Gasteiger partial charge in [0.05, 0.1) is 5.41 Å². The molecule has 3 unspecified atom stereocenters. The predicted molar refractivity (Wildman–Crippen MR) is 154 cm³/mol. The van der Waals surface area contributed by atoms with E-state index in [1.165, 1.54) is 13.8 Å². The van der Waals surface area contributed by atoms with Gasteiger partial charge in [0, 0.05) is 17.8 Å². The molecular weight excluding hydrogens is 568 g/mol. The van der Waals surface area contributed by atoms with Gasteiger partial charge < -0.3 is 14.2 Å². The van der Waals surface area contributed by atoms with Gasteiger partial charge in [0.2, 0.25) is 0 Å². The van der Waals surface area contributed by atoms with Crippen molar-refractivity contribution in [1.29, 1.82) is 0 Å². The highest BCUT2D eigenvalue weighted by atomic mass is 79.9. The Labute approximate surface area is 243 Å². The lowest BCUT2D eigenvalue weighted by Gasteiger charge is -2.38. The summed E-state index contributed by atoms with van der Waals surface area (Å²) >= 11 is 3.40. The van der Waals surface area contributed by atoms with Crippen LogP contribution in [-0.2, 0) is 38.2 Å². The Morgan fingerprint density at radius 3 is 1.49 bits per heavy atom. The number of rotatable bonds is 13. The van der Waals surface area contributed by atoms with E-state index in [9.17, 15) is 24.0 Å². The summed E-state index contributed by atoms with van der Waals surface area (Å²) in [5.41, 5.74) is -4.11. The van der Waals surface area contributed by atoms with Crippen LogP contribution in [0, 0.1) is 22.2 Å². The van der Waals surface area contributed by atoms with Crippen LogP contribution in [0.5, 0.6) is 0 Å². The van der Waals surface area contributed by atoms with Crippen molar-refractivity contribution in [3.05, 3.63) is 0 Å². The molecule has 0 amide bonds. The first-order chi connectivity index (χ1) is 17.1. The molecule has 0 saturated carbocycles. The lowest BCUT2D eigenvalue weighted by molar-refractivity contribution is -0.181. The van der Waals surface area contributed by atoms with Gasteiger partial charge in [-0.3, -0.25) is 19.2 Å². The molecular formula is C30H51BrO8. The smallest absolute Gasteiger partial charge is 0.348 e. The lowest BCUT2D eigenvalue weighted by atomic mass is 9.66. The molecule has 0 rings (SSSR count). The van der Waals surface area contributed by atoms with E-state index >= 15 is 0 Å². The molecule has 226 valence electrons. The Morgan fingerprint density at radius 1 is 0.641 bits per heavy atom. The second-order valence-electron chi connectivity index (χ2n) is 14.5. The van der Waals surface area contributed by atoms with E-state index in [0.29, 0.717) is 6.42 Å². The van der Waals surface area contributed by atoms with Gasteiger partial charge in [-0.25, -0.2) is 4.79 Å². The van der Waals surface area contributed by atoms with Gasteiger partial charge >= 0.3 is 17.9 Å². The number of Topliss-reactive ketones (excluding diaryl/α,β-unsaturated/α-hetero) is 2. The van der Waals surface area contributed by atoms with Crippen LogP contribution in [-0.4, -0.2) is 51.6 Å². The number of hydrogen-bond acceptors (Lipinski definition) is 8. The monoisotopic (exact) mass is 618 g/mol. The van der Waals surface area contributed by atoms with Crippen molar-refractivity contribution in [3.63, 3.8) is 0 Å². The van der Waals surface area contributed by atoms with E-state index in [-0.39, 0.29) is 24.4 Å². The van der Waals surface area contributed by atoms with Gasteiger partial charge in [0.25, 0.3) is 0 Å². The fourth-order valence-electron chi connectivity index (χ4n) is 4.03. The molecule has 9 heteroatoms. The Bertz CT molecular complexity index is 918. The fourth-order valence-corrected chi connectivity index (χ4v) is 4.97. The van der Waals surface area contributed by atoms with Gasteiger partial charge in [-0.15, -0.1) is 0 Å². The first-order valence-corrected chi connectivity index (χ1v) is 14.4. The third-order valence-electron chi connectivity index (χ3n) is 6.64. The van der Waals surface area contributed by atoms with Crippen molar-refractivity contribution in [3.8, 4) is 0 Å². The second kappa shape index (κ2) is 13.3. The van der Waals surface area contributed by atoms with E-state index < -0.39 is 62.2 Å². The minimum Gasteiger partial charge on any atom is -0.460 e. The number of carbonyl (C=O) groups is 5. The summed E-state index contributed by atoms with van der Waals surface area (Å²) < 4.78 is 16.7. The first kappa shape index (κ1) is 37.2. The molecule has 0 aromatic rings. The molecule has 39 heavy (non-hydrogen) atoms. The average molecular weight is 620 g/mol. The second-order valence-corrected chi connectivity index (χ2v) is 15.6. The van der Waals surface area contributed by atoms with Crippen molar-refractivity contribution < 1.29 is 38.2 Å². The SMILES string of the molecule is CC(=O)C(CC(C)(C)C(C)=O)C(C)(C)CC(Br)C(=O)OC(CC(C)(C)C(=O)OC(C)(C)C)C(=O)OC(C)(C)C. The van der Waals surface area contributed by atoms with Gasteiger partial charge in [0.1, 0.15) is 27.6 Å². The minimum atomic E-state index is -1.36. The highest BCUT2D eigenvalue weighted by Gasteiger charge is 2.44. The Hall–Kier alpha value is -1.77. The Balaban J connectivity index is 5.94. The maximum absolute atomic E-state index is 13.2. The normalized spacial score (nSPS) is 15.6. The molecule has 3 atom stereocenters. The van der Waals surface area contributed by atoms with Crippen LogP contribution in [0.1, 0.15) is 116 Å². The summed E-state index contributed by atoms with van der Waals surface area (Å²) in [7, 11) is 0. The van der Waals surface area contributed by atoms with Crippen LogP contribution >= 0.6 is 15.9 Å². The molecule has 0 bridgehead atoms. The summed E-state index contributed by atoms with van der Waals surface area (Å²) in [5, 5.41) is 0. The number of hydrogen-bond donors (Lipinski definition) is 0. The Kier molecular flexibility index (Phi) is 12.7. The molecule has 0 saturated heterocycles. The summed E-state index contributed by atoms with van der Waals surface area (Å²) in [6.45, 7) is 23.9.